The van der Waals surface area contributed by atoms with E-state index < -0.39 is 28.7 Å². The summed E-state index contributed by atoms with van der Waals surface area (Å²) in [6.07, 6.45) is 10.6. The fourth-order valence-electron chi connectivity index (χ4n) is 6.85. The molecule has 0 saturated heterocycles. The monoisotopic (exact) mass is 478 g/mol. The molecule has 3 fully saturated rings. The van der Waals surface area contributed by atoms with Crippen LogP contribution in [0, 0.1) is 16.2 Å². The van der Waals surface area contributed by atoms with E-state index in [1.165, 1.54) is 0 Å². The highest BCUT2D eigenvalue weighted by molar-refractivity contribution is 6.06. The van der Waals surface area contributed by atoms with Crippen molar-refractivity contribution in [3.05, 3.63) is 0 Å². The standard InChI is InChI=1S/C28H50N2O4/c1-24(2,3)20(27(33)16-9-7-10-17-27)29-22(31)26(14-13-15-26)23(32)30-21(25(4,5)6)28(34)18-11-8-12-19-28/h20-21,33-34H,7-19H2,1-6H3,(H,29,31)(H,30,32)/t20-,21-/m1/s1. The number of amides is 2. The maximum absolute atomic E-state index is 13.8. The lowest BCUT2D eigenvalue weighted by Crippen LogP contribution is -2.67. The highest BCUT2D eigenvalue weighted by atomic mass is 16.3. The Labute approximate surface area is 207 Å². The molecule has 6 nitrogen and oxygen atoms in total. The lowest BCUT2D eigenvalue weighted by molar-refractivity contribution is -0.157. The molecular weight excluding hydrogens is 428 g/mol. The van der Waals surface area contributed by atoms with E-state index in [0.717, 1.165) is 44.9 Å². The summed E-state index contributed by atoms with van der Waals surface area (Å²) in [5.74, 6) is -0.531. The molecule has 3 rings (SSSR count). The fraction of sp³-hybridized carbons (Fsp3) is 0.929. The number of carbonyl (C=O) groups is 2. The number of aliphatic hydroxyl groups is 2. The molecule has 0 heterocycles. The quantitative estimate of drug-likeness (QED) is 0.419. The van der Waals surface area contributed by atoms with Gasteiger partial charge in [0.1, 0.15) is 5.41 Å². The van der Waals surface area contributed by atoms with Gasteiger partial charge in [0, 0.05) is 0 Å². The van der Waals surface area contributed by atoms with Gasteiger partial charge in [0.05, 0.1) is 23.3 Å². The summed E-state index contributed by atoms with van der Waals surface area (Å²) in [7, 11) is 0. The van der Waals surface area contributed by atoms with Crippen LogP contribution in [0.25, 0.3) is 0 Å². The van der Waals surface area contributed by atoms with Crippen LogP contribution < -0.4 is 10.6 Å². The van der Waals surface area contributed by atoms with Gasteiger partial charge in [-0.25, -0.2) is 0 Å². The topological polar surface area (TPSA) is 98.7 Å². The van der Waals surface area contributed by atoms with Gasteiger partial charge in [0.15, 0.2) is 0 Å². The molecule has 0 spiro atoms. The van der Waals surface area contributed by atoms with Crippen molar-refractivity contribution in [1.82, 2.24) is 10.6 Å². The lowest BCUT2D eigenvalue weighted by Gasteiger charge is -2.50. The Bertz CT molecular complexity index is 674. The second-order valence-electron chi connectivity index (χ2n) is 13.8. The smallest absolute Gasteiger partial charge is 0.236 e. The maximum Gasteiger partial charge on any atom is 0.236 e. The second-order valence-corrected chi connectivity index (χ2v) is 13.8. The van der Waals surface area contributed by atoms with E-state index in [9.17, 15) is 19.8 Å². The molecule has 0 aromatic heterocycles. The first-order valence-corrected chi connectivity index (χ1v) is 13.7. The van der Waals surface area contributed by atoms with E-state index >= 15 is 0 Å². The highest BCUT2D eigenvalue weighted by Crippen LogP contribution is 2.45. The Morgan fingerprint density at radius 3 is 1.15 bits per heavy atom. The first-order valence-electron chi connectivity index (χ1n) is 13.7. The average Bonchev–Trinajstić information content (AvgIpc) is 2.68. The van der Waals surface area contributed by atoms with E-state index in [1.807, 2.05) is 41.5 Å². The fourth-order valence-corrected chi connectivity index (χ4v) is 6.85. The molecule has 0 aliphatic heterocycles. The van der Waals surface area contributed by atoms with Crippen molar-refractivity contribution in [3.63, 3.8) is 0 Å². The van der Waals surface area contributed by atoms with Crippen molar-refractivity contribution in [1.29, 1.82) is 0 Å². The van der Waals surface area contributed by atoms with Crippen LogP contribution in [0.3, 0.4) is 0 Å². The van der Waals surface area contributed by atoms with Gasteiger partial charge in [-0.05, 0) is 49.4 Å². The van der Waals surface area contributed by atoms with Crippen molar-refractivity contribution in [2.75, 3.05) is 0 Å². The third kappa shape index (κ3) is 5.48. The molecule has 3 aliphatic rings. The van der Waals surface area contributed by atoms with Crippen molar-refractivity contribution in [2.24, 2.45) is 16.2 Å². The molecule has 196 valence electrons. The minimum Gasteiger partial charge on any atom is -0.388 e. The third-order valence-electron chi connectivity index (χ3n) is 8.87. The molecule has 4 N–H and O–H groups in total. The van der Waals surface area contributed by atoms with Crippen LogP contribution in [0.2, 0.25) is 0 Å². The summed E-state index contributed by atoms with van der Waals surface area (Å²) in [6.45, 7) is 12.3. The van der Waals surface area contributed by atoms with Gasteiger partial charge in [0.2, 0.25) is 11.8 Å². The van der Waals surface area contributed by atoms with Crippen LogP contribution >= 0.6 is 0 Å². The van der Waals surface area contributed by atoms with E-state index in [0.29, 0.717) is 38.5 Å². The molecular formula is C28H50N2O4. The third-order valence-corrected chi connectivity index (χ3v) is 8.87. The lowest BCUT2D eigenvalue weighted by atomic mass is 9.64. The first-order chi connectivity index (χ1) is 15.6. The second kappa shape index (κ2) is 9.72. The number of carbonyl (C=O) groups excluding carboxylic acids is 2. The van der Waals surface area contributed by atoms with Gasteiger partial charge in [-0.3, -0.25) is 9.59 Å². The van der Waals surface area contributed by atoms with Gasteiger partial charge >= 0.3 is 0 Å². The summed E-state index contributed by atoms with van der Waals surface area (Å²) >= 11 is 0. The van der Waals surface area contributed by atoms with Crippen LogP contribution in [-0.4, -0.2) is 45.3 Å². The minimum atomic E-state index is -1.12. The first kappa shape index (κ1) is 27.4. The van der Waals surface area contributed by atoms with Crippen molar-refractivity contribution in [3.8, 4) is 0 Å². The molecule has 3 saturated carbocycles. The van der Waals surface area contributed by atoms with E-state index in [2.05, 4.69) is 10.6 Å². The van der Waals surface area contributed by atoms with Crippen molar-refractivity contribution < 1.29 is 19.8 Å². The summed E-state index contributed by atoms with van der Waals surface area (Å²) in [6, 6.07) is -0.835. The Hall–Kier alpha value is -1.14. The van der Waals surface area contributed by atoms with Crippen LogP contribution in [-0.2, 0) is 9.59 Å². The average molecular weight is 479 g/mol. The molecule has 6 heteroatoms. The number of hydrogen-bond acceptors (Lipinski definition) is 4. The zero-order valence-corrected chi connectivity index (χ0v) is 22.6. The largest absolute Gasteiger partial charge is 0.388 e. The molecule has 0 unspecified atom stereocenters. The van der Waals surface area contributed by atoms with Crippen LogP contribution in [0.4, 0.5) is 0 Å². The summed E-state index contributed by atoms with van der Waals surface area (Å²) in [5.41, 5.74) is -3.69. The minimum absolute atomic E-state index is 0.265. The van der Waals surface area contributed by atoms with Gasteiger partial charge in [0.25, 0.3) is 0 Å². The van der Waals surface area contributed by atoms with Crippen LogP contribution in [0.5, 0.6) is 0 Å². The predicted molar refractivity (Wildman–Crippen MR) is 135 cm³/mol. The molecule has 3 aliphatic carbocycles. The predicted octanol–water partition coefficient (Wildman–Crippen LogP) is 4.61. The number of nitrogens with one attached hydrogen (secondary N) is 2. The van der Waals surface area contributed by atoms with Gasteiger partial charge in [-0.2, -0.15) is 0 Å². The van der Waals surface area contributed by atoms with Crippen LogP contribution in [0.1, 0.15) is 125 Å². The summed E-state index contributed by atoms with van der Waals surface area (Å²) < 4.78 is 0. The SMILES string of the molecule is CC(C)(C)[C@@H](NC(=O)C1(C(=O)N[C@H](C(C)(C)C)C2(O)CCCCC2)CCC1)C1(O)CCCCC1. The van der Waals surface area contributed by atoms with Gasteiger partial charge < -0.3 is 20.8 Å². The molecule has 0 aromatic rings. The van der Waals surface area contributed by atoms with Crippen molar-refractivity contribution >= 4 is 11.8 Å². The van der Waals surface area contributed by atoms with E-state index in [-0.39, 0.29) is 22.6 Å². The molecule has 34 heavy (non-hydrogen) atoms. The molecule has 2 amide bonds. The molecule has 0 aromatic carbocycles. The molecule has 0 bridgehead atoms. The maximum atomic E-state index is 13.8. The number of rotatable bonds is 6. The van der Waals surface area contributed by atoms with Gasteiger partial charge in [-0.15, -0.1) is 0 Å². The Morgan fingerprint density at radius 1 is 0.588 bits per heavy atom. The van der Waals surface area contributed by atoms with E-state index in [4.69, 9.17) is 0 Å². The zero-order chi connectivity index (χ0) is 25.4. The summed E-state index contributed by atoms with van der Waals surface area (Å²) in [4.78, 5) is 27.5. The van der Waals surface area contributed by atoms with Gasteiger partial charge in [-0.1, -0.05) is 86.5 Å². The zero-order valence-electron chi connectivity index (χ0n) is 22.6. The summed E-state index contributed by atoms with van der Waals surface area (Å²) in [5, 5.41) is 29.4. The highest BCUT2D eigenvalue weighted by Gasteiger charge is 2.56. The van der Waals surface area contributed by atoms with Crippen molar-refractivity contribution in [2.45, 2.75) is 148 Å². The molecule has 0 radical (unpaired) electrons. The molecule has 2 atom stereocenters. The van der Waals surface area contributed by atoms with Crippen LogP contribution in [0.15, 0.2) is 0 Å². The Kier molecular flexibility index (Phi) is 7.85. The Morgan fingerprint density at radius 2 is 0.912 bits per heavy atom. The number of hydrogen-bond donors (Lipinski definition) is 4. The Balaban J connectivity index is 1.82. The normalized spacial score (nSPS) is 26.0. The van der Waals surface area contributed by atoms with E-state index in [1.54, 1.807) is 0 Å².